The molecule has 18 heavy (non-hydrogen) atoms. The Bertz CT molecular complexity index is 550. The number of nitrogens with zero attached hydrogens (tertiary/aromatic N) is 3. The van der Waals surface area contributed by atoms with E-state index in [9.17, 15) is 14.4 Å². The molecule has 1 amide bonds. The van der Waals surface area contributed by atoms with Crippen LogP contribution in [0.4, 0.5) is 0 Å². The number of nitrogens with one attached hydrogen (secondary N) is 2. The smallest absolute Gasteiger partial charge is 0.337 e. The first-order chi connectivity index (χ1) is 8.56. The normalized spacial score (nSPS) is 11.1. The van der Waals surface area contributed by atoms with E-state index in [4.69, 9.17) is 0 Å². The third kappa shape index (κ3) is 2.83. The molecule has 1 aromatic rings. The minimum atomic E-state index is -0.702. The summed E-state index contributed by atoms with van der Waals surface area (Å²) in [6, 6.07) is 0. The van der Waals surface area contributed by atoms with Gasteiger partial charge in [0.15, 0.2) is 0 Å². The minimum absolute atomic E-state index is 0.0221. The van der Waals surface area contributed by atoms with Crippen molar-refractivity contribution in [2.45, 2.75) is 13.5 Å². The van der Waals surface area contributed by atoms with Gasteiger partial charge in [-0.25, -0.2) is 14.2 Å². The summed E-state index contributed by atoms with van der Waals surface area (Å²) in [5, 5.41) is 5.23. The van der Waals surface area contributed by atoms with Gasteiger partial charge in [0, 0.05) is 6.54 Å². The third-order valence-corrected chi connectivity index (χ3v) is 3.09. The van der Waals surface area contributed by atoms with Gasteiger partial charge in [-0.2, -0.15) is 4.98 Å². The zero-order valence-electron chi connectivity index (χ0n) is 10.5. The Morgan fingerprint density at radius 3 is 2.61 bits per heavy atom. The first-order valence-electron chi connectivity index (χ1n) is 5.41. The summed E-state index contributed by atoms with van der Waals surface area (Å²) in [4.78, 5) is 39.0. The van der Waals surface area contributed by atoms with Crippen LogP contribution >= 0.6 is 8.73 Å². The van der Waals surface area contributed by atoms with Gasteiger partial charge >= 0.3 is 11.4 Å². The number of hydrogen-bond donors (Lipinski definition) is 2. The molecule has 1 rings (SSSR count). The number of carbonyl (C=O) groups excluding carboxylic acids is 1. The van der Waals surface area contributed by atoms with Gasteiger partial charge in [-0.15, -0.1) is 0 Å². The Morgan fingerprint density at radius 1 is 1.44 bits per heavy atom. The quantitative estimate of drug-likeness (QED) is 0.497. The molecule has 1 aromatic heterocycles. The molecule has 100 valence electrons. The van der Waals surface area contributed by atoms with E-state index >= 15 is 0 Å². The van der Waals surface area contributed by atoms with E-state index in [1.807, 2.05) is 0 Å². The molecule has 0 saturated heterocycles. The van der Waals surface area contributed by atoms with Gasteiger partial charge in [-0.3, -0.25) is 9.13 Å². The van der Waals surface area contributed by atoms with Crippen molar-refractivity contribution in [2.24, 2.45) is 0 Å². The summed E-state index contributed by atoms with van der Waals surface area (Å²) >= 11 is 0. The van der Waals surface area contributed by atoms with E-state index in [0.29, 0.717) is 0 Å². The number of amides is 1. The maximum absolute atomic E-state index is 11.9. The Morgan fingerprint density at radius 2 is 2.11 bits per heavy atom. The lowest BCUT2D eigenvalue weighted by Crippen LogP contribution is -2.44. The minimum Gasteiger partial charge on any atom is -0.337 e. The average Bonchev–Trinajstić information content (AvgIpc) is 2.35. The summed E-state index contributed by atoms with van der Waals surface area (Å²) in [5.74, 6) is -0.693. The zero-order valence-corrected chi connectivity index (χ0v) is 11.5. The Labute approximate surface area is 105 Å². The van der Waals surface area contributed by atoms with E-state index in [1.54, 1.807) is 20.6 Å². The molecular formula is C9H16N5O3P. The second kappa shape index (κ2) is 6.42. The van der Waals surface area contributed by atoms with Crippen LogP contribution in [-0.2, 0) is 6.54 Å². The monoisotopic (exact) mass is 273 g/mol. The second-order valence-electron chi connectivity index (χ2n) is 3.34. The van der Waals surface area contributed by atoms with Crippen molar-refractivity contribution >= 4 is 14.6 Å². The average molecular weight is 273 g/mol. The van der Waals surface area contributed by atoms with E-state index < -0.39 is 17.3 Å². The summed E-state index contributed by atoms with van der Waals surface area (Å²) in [6.07, 6.45) is 0. The molecule has 1 atom stereocenters. The van der Waals surface area contributed by atoms with Crippen molar-refractivity contribution in [3.05, 3.63) is 26.8 Å². The predicted octanol–water partition coefficient (Wildman–Crippen LogP) is -1.60. The number of rotatable bonds is 5. The van der Waals surface area contributed by atoms with Crippen molar-refractivity contribution in [1.29, 1.82) is 0 Å². The third-order valence-electron chi connectivity index (χ3n) is 2.24. The van der Waals surface area contributed by atoms with Crippen LogP contribution < -0.4 is 22.0 Å². The molecule has 0 fully saturated rings. The molecule has 8 nitrogen and oxygen atoms in total. The Kier molecular flexibility index (Phi) is 5.18. The summed E-state index contributed by atoms with van der Waals surface area (Å²) < 4.78 is 2.20. The SMILES string of the molecule is CCn1c(=O)nc(C(=O)NCNC)n(PC)c1=O. The fourth-order valence-corrected chi connectivity index (χ4v) is 2.04. The first kappa shape index (κ1) is 14.5. The van der Waals surface area contributed by atoms with E-state index in [1.165, 1.54) is 4.34 Å². The van der Waals surface area contributed by atoms with Crippen LogP contribution in [0.2, 0.25) is 0 Å². The zero-order chi connectivity index (χ0) is 13.7. The van der Waals surface area contributed by atoms with E-state index in [-0.39, 0.29) is 27.8 Å². The fraction of sp³-hybridized carbons (Fsp3) is 0.556. The molecule has 0 aliphatic carbocycles. The van der Waals surface area contributed by atoms with Crippen molar-refractivity contribution in [1.82, 2.24) is 24.5 Å². The molecule has 0 aliphatic rings. The van der Waals surface area contributed by atoms with Crippen molar-refractivity contribution < 1.29 is 4.79 Å². The van der Waals surface area contributed by atoms with Crippen LogP contribution in [0.15, 0.2) is 9.59 Å². The predicted molar refractivity (Wildman–Crippen MR) is 69.5 cm³/mol. The molecule has 0 saturated carbocycles. The summed E-state index contributed by atoms with van der Waals surface area (Å²) in [5.41, 5.74) is -1.21. The largest absolute Gasteiger partial charge is 0.353 e. The molecule has 1 unspecified atom stereocenters. The Balaban J connectivity index is 3.33. The van der Waals surface area contributed by atoms with Gasteiger partial charge in [-0.1, -0.05) is 0 Å². The van der Waals surface area contributed by atoms with Gasteiger partial charge in [0.1, 0.15) is 0 Å². The highest BCUT2D eigenvalue weighted by Gasteiger charge is 2.16. The van der Waals surface area contributed by atoms with Gasteiger partial charge in [0.2, 0.25) is 5.82 Å². The number of aromatic nitrogens is 3. The molecule has 0 aliphatic heterocycles. The highest BCUT2D eigenvalue weighted by molar-refractivity contribution is 7.35. The lowest BCUT2D eigenvalue weighted by molar-refractivity contribution is 0.0938. The number of carbonyl (C=O) groups is 1. The van der Waals surface area contributed by atoms with Crippen LogP contribution in [0.5, 0.6) is 0 Å². The Hall–Kier alpha value is -1.53. The van der Waals surface area contributed by atoms with Crippen LogP contribution in [0.1, 0.15) is 17.5 Å². The van der Waals surface area contributed by atoms with Crippen molar-refractivity contribution in [3.63, 3.8) is 0 Å². The molecular weight excluding hydrogens is 257 g/mol. The molecule has 0 radical (unpaired) electrons. The molecule has 9 heteroatoms. The molecule has 1 heterocycles. The number of hydrogen-bond acceptors (Lipinski definition) is 5. The van der Waals surface area contributed by atoms with Gasteiger partial charge < -0.3 is 10.6 Å². The van der Waals surface area contributed by atoms with Crippen LogP contribution in [0.3, 0.4) is 0 Å². The lowest BCUT2D eigenvalue weighted by atomic mass is 10.5. The highest BCUT2D eigenvalue weighted by atomic mass is 31.1. The molecule has 0 aromatic carbocycles. The summed E-state index contributed by atoms with van der Waals surface area (Å²) in [6.45, 7) is 3.88. The second-order valence-corrected chi connectivity index (χ2v) is 4.23. The first-order valence-corrected chi connectivity index (χ1v) is 6.86. The molecule has 2 N–H and O–H groups in total. The standard InChI is InChI=1S/C9H16N5O3P/c1-4-13-8(16)12-6(7(15)11-5-10-2)14(18-3)9(13)17/h10,18H,4-5H2,1-3H3,(H,11,15). The lowest BCUT2D eigenvalue weighted by Gasteiger charge is -2.11. The van der Waals surface area contributed by atoms with Crippen LogP contribution in [0, 0.1) is 0 Å². The maximum Gasteiger partial charge on any atom is 0.353 e. The highest BCUT2D eigenvalue weighted by Crippen LogP contribution is 2.06. The molecule has 0 bridgehead atoms. The summed E-state index contributed by atoms with van der Waals surface area (Å²) in [7, 11) is 1.69. The van der Waals surface area contributed by atoms with Gasteiger partial charge in [-0.05, 0) is 29.4 Å². The topological polar surface area (TPSA) is 98.0 Å². The van der Waals surface area contributed by atoms with Gasteiger partial charge in [0.05, 0.1) is 6.67 Å². The maximum atomic E-state index is 11.9. The van der Waals surface area contributed by atoms with Crippen LogP contribution in [0.25, 0.3) is 0 Å². The van der Waals surface area contributed by atoms with E-state index in [2.05, 4.69) is 15.6 Å². The van der Waals surface area contributed by atoms with Crippen molar-refractivity contribution in [3.8, 4) is 0 Å². The molecule has 0 spiro atoms. The fourth-order valence-electron chi connectivity index (χ4n) is 1.37. The van der Waals surface area contributed by atoms with Crippen LogP contribution in [-0.4, -0.2) is 40.2 Å². The van der Waals surface area contributed by atoms with E-state index in [0.717, 1.165) is 4.57 Å². The van der Waals surface area contributed by atoms with Gasteiger partial charge in [0.25, 0.3) is 5.91 Å². The van der Waals surface area contributed by atoms with Crippen molar-refractivity contribution in [2.75, 3.05) is 20.4 Å².